The molecule has 2 saturated heterocycles. The number of aliphatic hydroxyl groups excluding tert-OH is 4. The molecule has 2 aliphatic heterocycles. The van der Waals surface area contributed by atoms with Crippen molar-refractivity contribution >= 4 is 129 Å². The number of H-pyrrole nitrogens is 2. The highest BCUT2D eigenvalue weighted by Crippen LogP contribution is 2.39. The van der Waals surface area contributed by atoms with Crippen molar-refractivity contribution in [2.24, 2.45) is 0 Å². The number of alkyl halides is 1. The molecule has 2 fully saturated rings. The normalized spacial score (nSPS) is 13.2. The topological polar surface area (TPSA) is 297 Å². The molecule has 2 atom stereocenters. The van der Waals surface area contributed by atoms with Gasteiger partial charge in [-0.1, -0.05) is 196 Å². The SMILES string of the molecule is C.C.C.C.C.C.C.C.C.Cc1cc(N)c(N)cc1C.Cc1cc2nc(CN3CCC[C@H]3CO)n(Cc3ccc(Cl)cc3)c2cc1C.Cc1cc2nc(CO)[nH]c2cc1C.Cc1cc2nc(CO[Si](C)(C)C(C)(C)C)[nH]c2cc1C.Cc1cc2nc(CO[Si](C)(C)C(C)(C)C)n(Cc3ccc(Cl)cc3)c2cc1C.Clc1ccc(CBr)cc1.O=C(O)CO.OC[C@@H]1CCCN1. The molecule has 128 heavy (non-hydrogen) atoms. The van der Waals surface area contributed by atoms with E-state index in [2.05, 4.69) is 245 Å². The molecule has 0 unspecified atom stereocenters. The van der Waals surface area contributed by atoms with Crippen LogP contribution in [0, 0.1) is 69.2 Å². The fourth-order valence-electron chi connectivity index (χ4n) is 12.5. The monoisotopic (exact) mass is 1930 g/mol. The third-order valence-electron chi connectivity index (χ3n) is 22.9. The number of aryl methyl sites for hydroxylation is 10. The Balaban J connectivity index is -0.00000145. The molecule has 12 N–H and O–H groups in total. The molecule has 4 aromatic heterocycles. The van der Waals surface area contributed by atoms with E-state index in [1.807, 2.05) is 80.6 Å². The Hall–Kier alpha value is -7.83. The van der Waals surface area contributed by atoms with Crippen LogP contribution in [0.25, 0.3) is 44.1 Å². The number of aliphatic carboxylic acids is 1. The number of carboxylic acids is 1. The number of aliphatic hydroxyl groups is 4. The molecule has 0 amide bonds. The van der Waals surface area contributed by atoms with Crippen LogP contribution in [-0.2, 0) is 58.4 Å². The molecule has 6 heterocycles. The lowest BCUT2D eigenvalue weighted by Gasteiger charge is -2.36. The van der Waals surface area contributed by atoms with Gasteiger partial charge in [-0.2, -0.15) is 0 Å². The number of likely N-dealkylation sites (tertiary alicyclic amines) is 1. The van der Waals surface area contributed by atoms with Gasteiger partial charge in [0.2, 0.25) is 0 Å². The zero-order valence-corrected chi connectivity index (χ0v) is 79.3. The Labute approximate surface area is 796 Å². The number of nitrogens with one attached hydrogen (secondary N) is 3. The summed E-state index contributed by atoms with van der Waals surface area (Å²) in [5.41, 5.74) is 37.1. The summed E-state index contributed by atoms with van der Waals surface area (Å²) in [6.07, 6.45) is 4.58. The zero-order valence-electron chi connectivity index (χ0n) is 73.4. The number of aromatic amines is 2. The van der Waals surface area contributed by atoms with Gasteiger partial charge in [-0.25, -0.2) is 24.7 Å². The summed E-state index contributed by atoms with van der Waals surface area (Å²) in [5.74, 6) is 2.41. The smallest absolute Gasteiger partial charge is 0.329 e. The van der Waals surface area contributed by atoms with E-state index >= 15 is 0 Å². The maximum absolute atomic E-state index is 9.68. The quantitative estimate of drug-likeness (QED) is 0.0230. The molecule has 0 spiro atoms. The van der Waals surface area contributed by atoms with Crippen molar-refractivity contribution in [3.63, 3.8) is 0 Å². The minimum Gasteiger partial charge on any atom is -0.480 e. The number of carboxylic acid groups (broad SMARTS) is 1. The second-order valence-electron chi connectivity index (χ2n) is 34.2. The van der Waals surface area contributed by atoms with Crippen LogP contribution in [0.2, 0.25) is 51.3 Å². The van der Waals surface area contributed by atoms with Gasteiger partial charge in [-0.05, 0) is 314 Å². The first kappa shape index (κ1) is 124. The molecule has 0 saturated carbocycles. The van der Waals surface area contributed by atoms with Crippen molar-refractivity contribution in [1.82, 2.24) is 49.3 Å². The van der Waals surface area contributed by atoms with Crippen molar-refractivity contribution in [2.75, 3.05) is 44.4 Å². The molecular formula is C102H164BrCl3N12O8Si2. The number of hydrogen-bond donors (Lipinski definition) is 10. The number of nitrogens with zero attached hydrogens (tertiary/aromatic N) is 7. The molecule has 0 bridgehead atoms. The van der Waals surface area contributed by atoms with E-state index in [0.717, 1.165) is 128 Å². The maximum atomic E-state index is 9.68. The predicted molar refractivity (Wildman–Crippen MR) is 563 cm³/mol. The highest BCUT2D eigenvalue weighted by atomic mass is 79.9. The molecule has 2 aliphatic rings. The Morgan fingerprint density at radius 1 is 0.469 bits per heavy atom. The van der Waals surface area contributed by atoms with Crippen molar-refractivity contribution in [3.8, 4) is 0 Å². The van der Waals surface area contributed by atoms with Crippen molar-refractivity contribution in [2.45, 2.75) is 296 Å². The molecule has 26 heteroatoms. The Morgan fingerprint density at radius 3 is 1.18 bits per heavy atom. The van der Waals surface area contributed by atoms with Gasteiger partial charge in [-0.15, -0.1) is 0 Å². The Morgan fingerprint density at radius 2 is 0.820 bits per heavy atom. The molecule has 14 rings (SSSR count). The van der Waals surface area contributed by atoms with E-state index < -0.39 is 29.2 Å². The van der Waals surface area contributed by atoms with E-state index in [4.69, 9.17) is 90.3 Å². The minimum atomic E-state index is -1.85. The lowest BCUT2D eigenvalue weighted by molar-refractivity contribution is -0.140. The summed E-state index contributed by atoms with van der Waals surface area (Å²) in [5, 5.41) is 48.8. The number of rotatable bonds is 17. The van der Waals surface area contributed by atoms with Gasteiger partial charge in [0.05, 0.1) is 88.5 Å². The fourth-order valence-corrected chi connectivity index (χ4v) is 15.1. The van der Waals surface area contributed by atoms with Crippen LogP contribution in [0.5, 0.6) is 0 Å². The number of nitrogen functional groups attached to an aromatic ring is 2. The van der Waals surface area contributed by atoms with Gasteiger partial charge in [0.1, 0.15) is 36.5 Å². The van der Waals surface area contributed by atoms with E-state index in [1.165, 1.54) is 84.3 Å². The van der Waals surface area contributed by atoms with Gasteiger partial charge in [0, 0.05) is 45.6 Å². The lowest BCUT2D eigenvalue weighted by atomic mass is 10.1. The average molecular weight is 1930 g/mol. The molecule has 20 nitrogen and oxygen atoms in total. The van der Waals surface area contributed by atoms with Gasteiger partial charge in [-0.3, -0.25) is 4.90 Å². The summed E-state index contributed by atoms with van der Waals surface area (Å²) in [6, 6.07) is 45.5. The number of benzene rings is 8. The van der Waals surface area contributed by atoms with Crippen LogP contribution < -0.4 is 16.8 Å². The first-order valence-corrected chi connectivity index (χ1v) is 48.7. The second kappa shape index (κ2) is 56.8. The second-order valence-corrected chi connectivity index (χ2v) is 45.7. The van der Waals surface area contributed by atoms with Crippen LogP contribution in [-0.4, -0.2) is 137 Å². The number of aromatic nitrogens is 8. The highest BCUT2D eigenvalue weighted by molar-refractivity contribution is 9.08. The van der Waals surface area contributed by atoms with E-state index in [-0.39, 0.29) is 96.2 Å². The fraction of sp³-hybridized carbons (Fsp3) is 0.480. The van der Waals surface area contributed by atoms with Gasteiger partial charge >= 0.3 is 5.97 Å². The van der Waals surface area contributed by atoms with Crippen LogP contribution in [0.1, 0.15) is 230 Å². The summed E-state index contributed by atoms with van der Waals surface area (Å²) in [6.45, 7) is 48.9. The van der Waals surface area contributed by atoms with E-state index in [9.17, 15) is 5.11 Å². The van der Waals surface area contributed by atoms with Crippen molar-refractivity contribution in [3.05, 3.63) is 244 Å². The third-order valence-corrected chi connectivity index (χ3v) is 33.3. The predicted octanol–water partition coefficient (Wildman–Crippen LogP) is 26.8. The van der Waals surface area contributed by atoms with Crippen molar-refractivity contribution in [1.29, 1.82) is 0 Å². The molecule has 0 aliphatic carbocycles. The van der Waals surface area contributed by atoms with Crippen molar-refractivity contribution < 1.29 is 39.2 Å². The van der Waals surface area contributed by atoms with E-state index in [0.29, 0.717) is 43.1 Å². The Bertz CT molecular complexity index is 5140. The van der Waals surface area contributed by atoms with E-state index in [1.54, 1.807) is 0 Å². The standard InChI is InChI=1S/C23H31ClN2OSi.C22H26ClN3O.C16H26N2OSi.C10H12N2O.C8H12N2.C7H6BrCl.C5H11NO.C2H4O3.9CH4/c1-16-12-20-21(13-17(16)2)26(14-18-8-10-19(24)11-9-18)22(25-20)15-27-28(6,7)23(3,4)5;1-15-10-20-21(11-16(15)2)26(12-17-5-7-18(23)8-6-17)22(24-20)13-25-9-3-4-19(25)14-27;1-11-8-13-14(9-12(11)2)18-15(17-13)10-19-20(6,7)16(3,4)5;1-6-3-8-9(4-7(6)2)12-10(5-13)11-8;1-5-3-7(9)8(10)4-6(5)2;8-5-6-1-3-7(9)4-2-6;7-4-5-2-1-3-6-5;3-1-2(4)5;;;;;;;;;/h8-13H,14-15H2,1-7H3;5-8,10-11,19,27H,3-4,9,12-14H2,1-2H3;8-9H,10H2,1-7H3,(H,17,18);3-4,13H,5H2,1-2H3,(H,11,12);3-4H,9-10H2,1-2H3;1-4H,5H2;5-7H,1-4H2;3H,1H2,(H,4,5);9*1H4/t;19-;;;;;5-;;;;;;;;;;/m.0....0........../s1. The first-order chi connectivity index (χ1) is 56.0. The number of hydrogen-bond acceptors (Lipinski definition) is 15. The molecule has 716 valence electrons. The average Bonchev–Trinajstić information content (AvgIpc) is 1.56. The van der Waals surface area contributed by atoms with Gasteiger partial charge < -0.3 is 70.3 Å². The number of halogens is 4. The summed E-state index contributed by atoms with van der Waals surface area (Å²) in [4.78, 5) is 36.7. The van der Waals surface area contributed by atoms with Crippen LogP contribution in [0.15, 0.2) is 133 Å². The molecule has 0 radical (unpaired) electrons. The number of nitrogens with two attached hydrogens (primary N) is 2. The summed E-state index contributed by atoms with van der Waals surface area (Å²) >= 11 is 21.1. The number of anilines is 2. The lowest BCUT2D eigenvalue weighted by Crippen LogP contribution is -2.40. The Kier molecular flexibility index (Phi) is 55.2. The van der Waals surface area contributed by atoms with Gasteiger partial charge in [0.15, 0.2) is 16.6 Å². The summed E-state index contributed by atoms with van der Waals surface area (Å²) in [7, 11) is -3.57. The molecule has 12 aromatic rings. The number of carbonyl (C=O) groups is 1. The largest absolute Gasteiger partial charge is 0.480 e. The number of fused-ring (bicyclic) bond motifs is 4. The van der Waals surface area contributed by atoms with Gasteiger partial charge in [0.25, 0.3) is 0 Å². The highest BCUT2D eigenvalue weighted by Gasteiger charge is 2.39. The summed E-state index contributed by atoms with van der Waals surface area (Å²) < 4.78 is 17.3. The minimum absolute atomic E-state index is 0. The first-order valence-electron chi connectivity index (χ1n) is 40.6. The third kappa shape index (κ3) is 36.4. The number of imidazole rings is 4. The molecular weight excluding hydrogens is 1760 g/mol. The van der Waals surface area contributed by atoms with Crippen LogP contribution in [0.4, 0.5) is 11.4 Å². The van der Waals surface area contributed by atoms with Crippen LogP contribution >= 0.6 is 50.7 Å². The zero-order chi connectivity index (χ0) is 88.0. The maximum Gasteiger partial charge on any atom is 0.329 e. The molecule has 8 aromatic carbocycles. The van der Waals surface area contributed by atoms with Crippen LogP contribution in [0.3, 0.4) is 0 Å².